The number of fused-ring (bicyclic) bond motifs is 5. The van der Waals surface area contributed by atoms with E-state index in [-0.39, 0.29) is 5.56 Å². The number of thioether (sulfide) groups is 1. The smallest absolute Gasteiger partial charge is 0.268 e. The molecule has 0 fully saturated rings. The van der Waals surface area contributed by atoms with Gasteiger partial charge in [0.25, 0.3) is 5.56 Å². The molecule has 32 heavy (non-hydrogen) atoms. The zero-order valence-electron chi connectivity index (χ0n) is 16.7. The Morgan fingerprint density at radius 3 is 2.78 bits per heavy atom. The molecule has 160 valence electrons. The Morgan fingerprint density at radius 1 is 1.06 bits per heavy atom. The van der Waals surface area contributed by atoms with Crippen LogP contribution in [0.4, 0.5) is 0 Å². The van der Waals surface area contributed by atoms with Crippen LogP contribution in [0.1, 0.15) is 22.4 Å². The highest BCUT2D eigenvalue weighted by molar-refractivity contribution is 7.98. The van der Waals surface area contributed by atoms with Gasteiger partial charge < -0.3 is 0 Å². The molecule has 0 saturated heterocycles. The van der Waals surface area contributed by atoms with E-state index in [1.165, 1.54) is 10.4 Å². The highest BCUT2D eigenvalue weighted by atomic mass is 35.5. The third-order valence-corrected chi connectivity index (χ3v) is 8.58. The second-order valence-electron chi connectivity index (χ2n) is 7.66. The number of hydrogen-bond donors (Lipinski definition) is 0. The zero-order chi connectivity index (χ0) is 21.8. The summed E-state index contributed by atoms with van der Waals surface area (Å²) in [7, 11) is 0. The number of halogens is 2. The van der Waals surface area contributed by atoms with Gasteiger partial charge in [-0.3, -0.25) is 4.79 Å². The van der Waals surface area contributed by atoms with E-state index in [2.05, 4.69) is 10.2 Å². The molecule has 0 aliphatic heterocycles. The molecule has 5 aromatic rings. The first kappa shape index (κ1) is 20.3. The molecule has 0 amide bonds. The van der Waals surface area contributed by atoms with Crippen LogP contribution in [0.5, 0.6) is 0 Å². The third-order valence-electron chi connectivity index (χ3n) is 5.72. The van der Waals surface area contributed by atoms with Crippen molar-refractivity contribution in [3.05, 3.63) is 84.9 Å². The summed E-state index contributed by atoms with van der Waals surface area (Å²) < 4.78 is 3.65. The predicted molar refractivity (Wildman–Crippen MR) is 132 cm³/mol. The summed E-state index contributed by atoms with van der Waals surface area (Å²) in [5, 5.41) is 11.7. The Kier molecular flexibility index (Phi) is 5.02. The van der Waals surface area contributed by atoms with Crippen LogP contribution in [-0.4, -0.2) is 19.2 Å². The lowest BCUT2D eigenvalue weighted by Gasteiger charge is -2.10. The van der Waals surface area contributed by atoms with Crippen molar-refractivity contribution < 1.29 is 0 Å². The number of aromatic nitrogens is 4. The maximum atomic E-state index is 13.7. The minimum absolute atomic E-state index is 0.0655. The van der Waals surface area contributed by atoms with Crippen LogP contribution in [0.15, 0.2) is 58.5 Å². The standard InChI is InChI=1S/C23H16Cl2N4OS2/c24-14-6-3-7-15(11-14)28-20(30)19-16-8-4-10-18(16)32-21(19)29-22(28)26-27-23(29)31-12-13-5-1-2-9-17(13)25/h1-3,5-7,9,11H,4,8,10,12H2. The second kappa shape index (κ2) is 7.92. The van der Waals surface area contributed by atoms with Gasteiger partial charge >= 0.3 is 0 Å². The summed E-state index contributed by atoms with van der Waals surface area (Å²) in [5.74, 6) is 1.15. The fourth-order valence-corrected chi connectivity index (χ4v) is 7.09. The van der Waals surface area contributed by atoms with Crippen LogP contribution >= 0.6 is 46.3 Å². The van der Waals surface area contributed by atoms with Gasteiger partial charge in [-0.25, -0.2) is 8.97 Å². The van der Waals surface area contributed by atoms with Gasteiger partial charge in [-0.2, -0.15) is 0 Å². The summed E-state index contributed by atoms with van der Waals surface area (Å²) in [6.07, 6.45) is 3.02. The molecule has 0 radical (unpaired) electrons. The normalized spacial score (nSPS) is 13.3. The monoisotopic (exact) mass is 498 g/mol. The lowest BCUT2D eigenvalue weighted by Crippen LogP contribution is -2.21. The average molecular weight is 499 g/mol. The van der Waals surface area contributed by atoms with Crippen LogP contribution < -0.4 is 5.56 Å². The summed E-state index contributed by atoms with van der Waals surface area (Å²) in [4.78, 5) is 15.9. The van der Waals surface area contributed by atoms with Crippen LogP contribution in [0.2, 0.25) is 10.0 Å². The van der Waals surface area contributed by atoms with Crippen molar-refractivity contribution in [1.29, 1.82) is 0 Å². The van der Waals surface area contributed by atoms with Gasteiger partial charge in [0, 0.05) is 20.7 Å². The number of thiophene rings is 1. The molecule has 0 spiro atoms. The van der Waals surface area contributed by atoms with Gasteiger partial charge in [-0.1, -0.05) is 59.2 Å². The number of hydrogen-bond acceptors (Lipinski definition) is 5. The molecule has 1 aliphatic carbocycles. The molecule has 2 aromatic carbocycles. The lowest BCUT2D eigenvalue weighted by molar-refractivity contribution is 0.910. The van der Waals surface area contributed by atoms with Gasteiger partial charge in [0.15, 0.2) is 5.16 Å². The molecule has 3 aromatic heterocycles. The largest absolute Gasteiger partial charge is 0.268 e. The maximum absolute atomic E-state index is 13.7. The molecule has 5 nitrogen and oxygen atoms in total. The SMILES string of the molecule is O=c1c2c3c(sc2n2c(SCc4ccccc4Cl)nnc2n1-c1cccc(Cl)c1)CCC3. The van der Waals surface area contributed by atoms with E-state index in [0.29, 0.717) is 22.2 Å². The van der Waals surface area contributed by atoms with Crippen molar-refractivity contribution in [2.24, 2.45) is 0 Å². The van der Waals surface area contributed by atoms with Crippen molar-refractivity contribution in [3.63, 3.8) is 0 Å². The molecule has 0 atom stereocenters. The highest BCUT2D eigenvalue weighted by Crippen LogP contribution is 2.38. The Morgan fingerprint density at radius 2 is 1.94 bits per heavy atom. The molecule has 9 heteroatoms. The molecular weight excluding hydrogens is 483 g/mol. The fraction of sp³-hybridized carbons (Fsp3) is 0.174. The molecule has 0 saturated carbocycles. The number of nitrogens with zero attached hydrogens (tertiary/aromatic N) is 4. The number of aryl methyl sites for hydroxylation is 2. The first-order chi connectivity index (χ1) is 15.6. The Balaban J connectivity index is 1.60. The second-order valence-corrected chi connectivity index (χ2v) is 10.5. The minimum Gasteiger partial charge on any atom is -0.268 e. The first-order valence-corrected chi connectivity index (χ1v) is 12.7. The summed E-state index contributed by atoms with van der Waals surface area (Å²) in [5.41, 5.74) is 2.82. The van der Waals surface area contributed by atoms with E-state index < -0.39 is 0 Å². The third kappa shape index (κ3) is 3.18. The van der Waals surface area contributed by atoms with Crippen molar-refractivity contribution in [1.82, 2.24) is 19.2 Å². The van der Waals surface area contributed by atoms with Gasteiger partial charge in [0.1, 0.15) is 4.83 Å². The predicted octanol–water partition coefficient (Wildman–Crippen LogP) is 6.18. The van der Waals surface area contributed by atoms with Crippen molar-refractivity contribution in [2.45, 2.75) is 30.2 Å². The lowest BCUT2D eigenvalue weighted by atomic mass is 10.2. The van der Waals surface area contributed by atoms with Crippen LogP contribution in [0.25, 0.3) is 21.7 Å². The van der Waals surface area contributed by atoms with Gasteiger partial charge in [0.05, 0.1) is 11.1 Å². The van der Waals surface area contributed by atoms with Crippen molar-refractivity contribution in [2.75, 3.05) is 0 Å². The summed E-state index contributed by atoms with van der Waals surface area (Å²) in [6, 6.07) is 15.1. The Labute approximate surface area is 201 Å². The van der Waals surface area contributed by atoms with E-state index >= 15 is 0 Å². The van der Waals surface area contributed by atoms with E-state index in [4.69, 9.17) is 23.2 Å². The first-order valence-electron chi connectivity index (χ1n) is 10.2. The summed E-state index contributed by atoms with van der Waals surface area (Å²) in [6.45, 7) is 0. The highest BCUT2D eigenvalue weighted by Gasteiger charge is 2.26. The van der Waals surface area contributed by atoms with E-state index in [9.17, 15) is 4.79 Å². The van der Waals surface area contributed by atoms with E-state index in [0.717, 1.165) is 45.2 Å². The van der Waals surface area contributed by atoms with E-state index in [1.807, 2.05) is 40.8 Å². The summed E-state index contributed by atoms with van der Waals surface area (Å²) >= 11 is 15.9. The topological polar surface area (TPSA) is 52.2 Å². The van der Waals surface area contributed by atoms with Crippen LogP contribution in [-0.2, 0) is 18.6 Å². The molecule has 0 N–H and O–H groups in total. The zero-order valence-corrected chi connectivity index (χ0v) is 19.9. The van der Waals surface area contributed by atoms with Crippen LogP contribution in [0.3, 0.4) is 0 Å². The van der Waals surface area contributed by atoms with Crippen molar-refractivity contribution in [3.8, 4) is 5.69 Å². The van der Waals surface area contributed by atoms with Gasteiger partial charge in [0.2, 0.25) is 5.78 Å². The minimum atomic E-state index is -0.0655. The Bertz CT molecular complexity index is 1570. The molecule has 6 rings (SSSR count). The van der Waals surface area contributed by atoms with Gasteiger partial charge in [-0.05, 0) is 54.7 Å². The quantitative estimate of drug-likeness (QED) is 0.277. The number of rotatable bonds is 4. The van der Waals surface area contributed by atoms with Crippen molar-refractivity contribution >= 4 is 62.3 Å². The fourth-order valence-electron chi connectivity index (χ4n) is 4.25. The molecular formula is C23H16Cl2N4OS2. The molecule has 0 bridgehead atoms. The average Bonchev–Trinajstić information content (AvgIpc) is 3.47. The van der Waals surface area contributed by atoms with E-state index in [1.54, 1.807) is 39.8 Å². The van der Waals surface area contributed by atoms with Crippen LogP contribution in [0, 0.1) is 0 Å². The molecule has 1 aliphatic rings. The number of benzene rings is 2. The molecule has 3 heterocycles. The van der Waals surface area contributed by atoms with Gasteiger partial charge in [-0.15, -0.1) is 21.5 Å². The maximum Gasteiger partial charge on any atom is 0.268 e. The molecule has 0 unspecified atom stereocenters. The Hall–Kier alpha value is -2.32.